The van der Waals surface area contributed by atoms with E-state index in [9.17, 15) is 0 Å². The van der Waals surface area contributed by atoms with Gasteiger partial charge in [-0.2, -0.15) is 5.26 Å². The number of hydrogen-bond donors (Lipinski definition) is 1. The largest absolute Gasteiger partial charge is 0.493 e. The van der Waals surface area contributed by atoms with Crippen LogP contribution in [0.15, 0.2) is 18.2 Å². The average Bonchev–Trinajstić information content (AvgIpc) is 2.30. The molecule has 0 bridgehead atoms. The molecule has 0 aliphatic carbocycles. The van der Waals surface area contributed by atoms with E-state index in [0.717, 1.165) is 5.56 Å². The fourth-order valence-corrected chi connectivity index (χ4v) is 1.41. The molecule has 2 N–H and O–H groups in total. The van der Waals surface area contributed by atoms with Crippen molar-refractivity contribution >= 4 is 0 Å². The van der Waals surface area contributed by atoms with Crippen LogP contribution in [0.2, 0.25) is 0 Å². The molecule has 0 aliphatic rings. The van der Waals surface area contributed by atoms with Crippen molar-refractivity contribution in [1.29, 1.82) is 5.26 Å². The molecule has 0 saturated heterocycles. The molecule has 0 aliphatic heterocycles. The molecular weight excluding hydrogens is 204 g/mol. The zero-order chi connectivity index (χ0) is 12.0. The molecule has 0 fully saturated rings. The first-order chi connectivity index (χ1) is 7.72. The SMILES string of the molecule is CCOc1ccc([C@@H](N)CC#N)cc1OC. The van der Waals surface area contributed by atoms with Crippen LogP contribution in [0.3, 0.4) is 0 Å². The van der Waals surface area contributed by atoms with Gasteiger partial charge in [0.15, 0.2) is 11.5 Å². The first-order valence-electron chi connectivity index (χ1n) is 5.16. The molecule has 1 atom stereocenters. The van der Waals surface area contributed by atoms with Crippen molar-refractivity contribution in [2.24, 2.45) is 5.73 Å². The third-order valence-corrected chi connectivity index (χ3v) is 2.23. The van der Waals surface area contributed by atoms with Gasteiger partial charge in [0.05, 0.1) is 26.2 Å². The van der Waals surface area contributed by atoms with Crippen LogP contribution in [0.5, 0.6) is 11.5 Å². The van der Waals surface area contributed by atoms with Crippen LogP contribution in [0.1, 0.15) is 24.9 Å². The fraction of sp³-hybridized carbons (Fsp3) is 0.417. The van der Waals surface area contributed by atoms with E-state index in [1.165, 1.54) is 0 Å². The number of rotatable bonds is 5. The van der Waals surface area contributed by atoms with Crippen LogP contribution in [-0.4, -0.2) is 13.7 Å². The van der Waals surface area contributed by atoms with Gasteiger partial charge in [0, 0.05) is 6.04 Å². The maximum Gasteiger partial charge on any atom is 0.161 e. The summed E-state index contributed by atoms with van der Waals surface area (Å²) in [7, 11) is 1.58. The van der Waals surface area contributed by atoms with Gasteiger partial charge in [-0.3, -0.25) is 0 Å². The molecule has 0 amide bonds. The van der Waals surface area contributed by atoms with Crippen LogP contribution in [0, 0.1) is 11.3 Å². The standard InChI is InChI=1S/C12H16N2O2/c1-3-16-11-5-4-9(8-12(11)15-2)10(14)6-7-13/h4-5,8,10H,3,6,14H2,1-2H3/t10-/m0/s1. The highest BCUT2D eigenvalue weighted by Crippen LogP contribution is 2.30. The predicted octanol–water partition coefficient (Wildman–Crippen LogP) is 2.01. The molecule has 0 saturated carbocycles. The van der Waals surface area contributed by atoms with Crippen LogP contribution < -0.4 is 15.2 Å². The lowest BCUT2D eigenvalue weighted by Crippen LogP contribution is -2.09. The molecule has 4 nitrogen and oxygen atoms in total. The second-order valence-corrected chi connectivity index (χ2v) is 3.31. The molecule has 1 aromatic carbocycles. The normalized spacial score (nSPS) is 11.6. The predicted molar refractivity (Wildman–Crippen MR) is 61.3 cm³/mol. The van der Waals surface area contributed by atoms with E-state index in [4.69, 9.17) is 20.5 Å². The number of ether oxygens (including phenoxy) is 2. The third-order valence-electron chi connectivity index (χ3n) is 2.23. The van der Waals surface area contributed by atoms with Crippen molar-refractivity contribution in [1.82, 2.24) is 0 Å². The lowest BCUT2D eigenvalue weighted by Gasteiger charge is -2.13. The van der Waals surface area contributed by atoms with Crippen molar-refractivity contribution in [2.45, 2.75) is 19.4 Å². The topological polar surface area (TPSA) is 68.3 Å². The summed E-state index contributed by atoms with van der Waals surface area (Å²) < 4.78 is 10.6. The summed E-state index contributed by atoms with van der Waals surface area (Å²) in [6.07, 6.45) is 0.289. The third kappa shape index (κ3) is 2.88. The van der Waals surface area contributed by atoms with Crippen LogP contribution in [-0.2, 0) is 0 Å². The lowest BCUT2D eigenvalue weighted by molar-refractivity contribution is 0.310. The quantitative estimate of drug-likeness (QED) is 0.824. The van der Waals surface area contributed by atoms with E-state index in [2.05, 4.69) is 0 Å². The van der Waals surface area contributed by atoms with Crippen molar-refractivity contribution in [3.8, 4) is 17.6 Å². The van der Waals surface area contributed by atoms with Crippen molar-refractivity contribution in [3.63, 3.8) is 0 Å². The van der Waals surface area contributed by atoms with Gasteiger partial charge in [-0.15, -0.1) is 0 Å². The number of benzene rings is 1. The monoisotopic (exact) mass is 220 g/mol. The molecule has 0 unspecified atom stereocenters. The molecule has 86 valence electrons. The number of methoxy groups -OCH3 is 1. The second-order valence-electron chi connectivity index (χ2n) is 3.31. The Kier molecular flexibility index (Phi) is 4.62. The van der Waals surface area contributed by atoms with Gasteiger partial charge in [-0.25, -0.2) is 0 Å². The molecule has 1 aromatic rings. The number of nitriles is 1. The average molecular weight is 220 g/mol. The molecule has 16 heavy (non-hydrogen) atoms. The summed E-state index contributed by atoms with van der Waals surface area (Å²) in [4.78, 5) is 0. The summed E-state index contributed by atoms with van der Waals surface area (Å²) in [5, 5.41) is 8.58. The summed E-state index contributed by atoms with van der Waals surface area (Å²) in [5.74, 6) is 1.34. The zero-order valence-corrected chi connectivity index (χ0v) is 9.56. The first kappa shape index (κ1) is 12.3. The molecular formula is C12H16N2O2. The van der Waals surface area contributed by atoms with Crippen molar-refractivity contribution < 1.29 is 9.47 Å². The molecule has 0 spiro atoms. The summed E-state index contributed by atoms with van der Waals surface area (Å²) in [6.45, 7) is 2.49. The van der Waals surface area contributed by atoms with Gasteiger partial charge in [0.1, 0.15) is 0 Å². The molecule has 0 heterocycles. The fourth-order valence-electron chi connectivity index (χ4n) is 1.41. The van der Waals surface area contributed by atoms with Crippen LogP contribution in [0.4, 0.5) is 0 Å². The molecule has 4 heteroatoms. The number of hydrogen-bond acceptors (Lipinski definition) is 4. The van der Waals surface area contributed by atoms with E-state index in [-0.39, 0.29) is 12.5 Å². The minimum atomic E-state index is -0.283. The Morgan fingerprint density at radius 2 is 2.19 bits per heavy atom. The Hall–Kier alpha value is -1.73. The van der Waals surface area contributed by atoms with Crippen LogP contribution in [0.25, 0.3) is 0 Å². The van der Waals surface area contributed by atoms with Crippen molar-refractivity contribution in [3.05, 3.63) is 23.8 Å². The highest BCUT2D eigenvalue weighted by atomic mass is 16.5. The van der Waals surface area contributed by atoms with Gasteiger partial charge < -0.3 is 15.2 Å². The van der Waals surface area contributed by atoms with E-state index in [1.54, 1.807) is 7.11 Å². The van der Waals surface area contributed by atoms with E-state index < -0.39 is 0 Å². The van der Waals surface area contributed by atoms with Crippen molar-refractivity contribution in [2.75, 3.05) is 13.7 Å². The number of nitrogens with two attached hydrogens (primary N) is 1. The Labute approximate surface area is 95.6 Å². The Bertz CT molecular complexity index is 385. The second kappa shape index (κ2) is 5.99. The summed E-state index contributed by atoms with van der Waals surface area (Å²) in [5.41, 5.74) is 6.71. The highest BCUT2D eigenvalue weighted by Gasteiger charge is 2.10. The van der Waals surface area contributed by atoms with Crippen LogP contribution >= 0.6 is 0 Å². The van der Waals surface area contributed by atoms with Gasteiger partial charge in [0.25, 0.3) is 0 Å². The minimum Gasteiger partial charge on any atom is -0.493 e. The van der Waals surface area contributed by atoms with E-state index in [1.807, 2.05) is 31.2 Å². The Morgan fingerprint density at radius 3 is 2.75 bits per heavy atom. The van der Waals surface area contributed by atoms with E-state index in [0.29, 0.717) is 18.1 Å². The smallest absolute Gasteiger partial charge is 0.161 e. The van der Waals surface area contributed by atoms with Gasteiger partial charge in [-0.1, -0.05) is 6.07 Å². The molecule has 0 aromatic heterocycles. The Morgan fingerprint density at radius 1 is 1.44 bits per heavy atom. The molecule has 1 rings (SSSR count). The summed E-state index contributed by atoms with van der Waals surface area (Å²) >= 11 is 0. The maximum atomic E-state index is 8.58. The lowest BCUT2D eigenvalue weighted by atomic mass is 10.0. The van der Waals surface area contributed by atoms with E-state index >= 15 is 0 Å². The highest BCUT2D eigenvalue weighted by molar-refractivity contribution is 5.43. The molecule has 0 radical (unpaired) electrons. The first-order valence-corrected chi connectivity index (χ1v) is 5.16. The summed E-state index contributed by atoms with van der Waals surface area (Å²) in [6, 6.07) is 7.25. The maximum absolute atomic E-state index is 8.58. The zero-order valence-electron chi connectivity index (χ0n) is 9.56. The van der Waals surface area contributed by atoms with Gasteiger partial charge in [0.2, 0.25) is 0 Å². The van der Waals surface area contributed by atoms with Gasteiger partial charge in [-0.05, 0) is 24.6 Å². The Balaban J connectivity index is 2.95. The number of nitrogens with zero attached hydrogens (tertiary/aromatic N) is 1. The van der Waals surface area contributed by atoms with Gasteiger partial charge >= 0.3 is 0 Å². The minimum absolute atomic E-state index is 0.283.